The third kappa shape index (κ3) is 8.09. The second-order valence-corrected chi connectivity index (χ2v) is 12.1. The van der Waals surface area contributed by atoms with Gasteiger partial charge in [0.15, 0.2) is 0 Å². The van der Waals surface area contributed by atoms with Gasteiger partial charge in [-0.25, -0.2) is 8.42 Å². The average Bonchev–Trinajstić information content (AvgIpc) is 2.75. The SMILES string of the molecule is CC[C@H](C(=O)NC(C)(C)C)N(Cc1ccccc1)C(=O)CN(c1ccccc1C(C)C)S(C)(=O)=O. The minimum atomic E-state index is -3.77. The molecule has 35 heavy (non-hydrogen) atoms. The van der Waals surface area contributed by atoms with Gasteiger partial charge in [-0.05, 0) is 50.3 Å². The van der Waals surface area contributed by atoms with Crippen LogP contribution in [-0.2, 0) is 26.2 Å². The Bertz CT molecular complexity index is 1110. The second-order valence-electron chi connectivity index (χ2n) is 10.2. The third-order valence-electron chi connectivity index (χ3n) is 5.59. The number of hydrogen-bond donors (Lipinski definition) is 1. The number of nitrogens with one attached hydrogen (secondary N) is 1. The molecule has 0 bridgehead atoms. The van der Waals surface area contributed by atoms with E-state index in [-0.39, 0.29) is 18.4 Å². The molecular formula is C27H39N3O4S. The van der Waals surface area contributed by atoms with Crippen LogP contribution < -0.4 is 9.62 Å². The molecule has 8 heteroatoms. The highest BCUT2D eigenvalue weighted by Gasteiger charge is 2.33. The summed E-state index contributed by atoms with van der Waals surface area (Å²) in [6, 6.07) is 15.9. The summed E-state index contributed by atoms with van der Waals surface area (Å²) in [6.45, 7) is 11.3. The maximum Gasteiger partial charge on any atom is 0.244 e. The summed E-state index contributed by atoms with van der Waals surface area (Å²) in [5.74, 6) is -0.640. The van der Waals surface area contributed by atoms with Gasteiger partial charge < -0.3 is 10.2 Å². The first kappa shape index (κ1) is 28.4. The molecule has 192 valence electrons. The Morgan fingerprint density at radius 2 is 1.54 bits per heavy atom. The largest absolute Gasteiger partial charge is 0.350 e. The van der Waals surface area contributed by atoms with Crippen LogP contribution in [0.4, 0.5) is 5.69 Å². The van der Waals surface area contributed by atoms with E-state index in [9.17, 15) is 18.0 Å². The highest BCUT2D eigenvalue weighted by molar-refractivity contribution is 7.92. The summed E-state index contributed by atoms with van der Waals surface area (Å²) in [7, 11) is -3.77. The van der Waals surface area contributed by atoms with Gasteiger partial charge in [0.2, 0.25) is 21.8 Å². The van der Waals surface area contributed by atoms with Gasteiger partial charge in [-0.15, -0.1) is 0 Å². The summed E-state index contributed by atoms with van der Waals surface area (Å²) >= 11 is 0. The number of nitrogens with zero attached hydrogens (tertiary/aromatic N) is 2. The van der Waals surface area contributed by atoms with Gasteiger partial charge in [-0.3, -0.25) is 13.9 Å². The lowest BCUT2D eigenvalue weighted by atomic mass is 10.0. The average molecular weight is 502 g/mol. The van der Waals surface area contributed by atoms with Gasteiger partial charge in [0.25, 0.3) is 0 Å². The molecule has 0 saturated heterocycles. The van der Waals surface area contributed by atoms with Crippen LogP contribution in [-0.4, -0.2) is 49.5 Å². The van der Waals surface area contributed by atoms with E-state index in [1.54, 1.807) is 12.1 Å². The number of carbonyl (C=O) groups is 2. The van der Waals surface area contributed by atoms with E-state index in [1.165, 1.54) is 4.90 Å². The molecule has 2 aromatic carbocycles. The molecule has 0 spiro atoms. The highest BCUT2D eigenvalue weighted by Crippen LogP contribution is 2.29. The number of sulfonamides is 1. The van der Waals surface area contributed by atoms with E-state index < -0.39 is 34.1 Å². The fourth-order valence-corrected chi connectivity index (χ4v) is 4.82. The van der Waals surface area contributed by atoms with Crippen molar-refractivity contribution >= 4 is 27.5 Å². The summed E-state index contributed by atoms with van der Waals surface area (Å²) in [4.78, 5) is 28.4. The van der Waals surface area contributed by atoms with E-state index in [0.29, 0.717) is 12.1 Å². The minimum Gasteiger partial charge on any atom is -0.350 e. The molecule has 0 aliphatic heterocycles. The lowest BCUT2D eigenvalue weighted by Crippen LogP contribution is -2.55. The Kier molecular flexibility index (Phi) is 9.49. The molecule has 0 fully saturated rings. The van der Waals surface area contributed by atoms with Crippen molar-refractivity contribution in [1.82, 2.24) is 10.2 Å². The van der Waals surface area contributed by atoms with Gasteiger partial charge in [0.1, 0.15) is 12.6 Å². The van der Waals surface area contributed by atoms with Gasteiger partial charge in [-0.1, -0.05) is 69.3 Å². The minimum absolute atomic E-state index is 0.0620. The van der Waals surface area contributed by atoms with Crippen LogP contribution in [0.15, 0.2) is 54.6 Å². The molecule has 1 atom stereocenters. The quantitative estimate of drug-likeness (QED) is 0.526. The lowest BCUT2D eigenvalue weighted by Gasteiger charge is -2.35. The Morgan fingerprint density at radius 1 is 0.971 bits per heavy atom. The molecule has 0 radical (unpaired) electrons. The van der Waals surface area contributed by atoms with Crippen molar-refractivity contribution in [2.45, 2.75) is 72.0 Å². The van der Waals surface area contributed by atoms with Crippen LogP contribution in [0.1, 0.15) is 65.0 Å². The zero-order valence-electron chi connectivity index (χ0n) is 21.9. The van der Waals surface area contributed by atoms with E-state index in [1.807, 2.05) is 84.0 Å². The number of para-hydroxylation sites is 1. The maximum atomic E-state index is 13.8. The summed E-state index contributed by atoms with van der Waals surface area (Å²) in [5.41, 5.74) is 1.69. The molecule has 0 unspecified atom stereocenters. The zero-order chi connectivity index (χ0) is 26.4. The molecule has 2 amide bonds. The van der Waals surface area contributed by atoms with Crippen molar-refractivity contribution < 1.29 is 18.0 Å². The molecule has 0 aliphatic carbocycles. The molecule has 0 aliphatic rings. The third-order valence-corrected chi connectivity index (χ3v) is 6.71. The fraction of sp³-hybridized carbons (Fsp3) is 0.481. The fourth-order valence-electron chi connectivity index (χ4n) is 3.95. The van der Waals surface area contributed by atoms with Gasteiger partial charge in [0, 0.05) is 12.1 Å². The first-order chi connectivity index (χ1) is 16.2. The van der Waals surface area contributed by atoms with Crippen molar-refractivity contribution in [3.8, 4) is 0 Å². The highest BCUT2D eigenvalue weighted by atomic mass is 32.2. The molecule has 1 N–H and O–H groups in total. The standard InChI is InChI=1S/C27H39N3O4S/c1-8-23(26(32)28-27(4,5)6)29(18-21-14-10-9-11-15-21)25(31)19-30(35(7,33)34)24-17-13-12-16-22(24)20(2)3/h9-17,20,23H,8,18-19H2,1-7H3,(H,28,32)/t23-/m1/s1. The number of anilines is 1. The van der Waals surface area contributed by atoms with Crippen LogP contribution in [0.5, 0.6) is 0 Å². The zero-order valence-corrected chi connectivity index (χ0v) is 22.7. The molecule has 2 aromatic rings. The number of carbonyl (C=O) groups excluding carboxylic acids is 2. The predicted molar refractivity (Wildman–Crippen MR) is 142 cm³/mol. The van der Waals surface area contributed by atoms with Gasteiger partial charge >= 0.3 is 0 Å². The Balaban J connectivity index is 2.50. The van der Waals surface area contributed by atoms with E-state index in [4.69, 9.17) is 0 Å². The molecule has 7 nitrogen and oxygen atoms in total. The summed E-state index contributed by atoms with van der Waals surface area (Å²) < 4.78 is 26.9. The van der Waals surface area contributed by atoms with Crippen molar-refractivity contribution in [1.29, 1.82) is 0 Å². The van der Waals surface area contributed by atoms with Crippen molar-refractivity contribution in [2.75, 3.05) is 17.1 Å². The van der Waals surface area contributed by atoms with Crippen molar-refractivity contribution in [3.05, 3.63) is 65.7 Å². The van der Waals surface area contributed by atoms with E-state index in [2.05, 4.69) is 5.32 Å². The Labute approximate surface area is 210 Å². The van der Waals surface area contributed by atoms with Crippen LogP contribution in [0.3, 0.4) is 0 Å². The van der Waals surface area contributed by atoms with Crippen LogP contribution in [0.2, 0.25) is 0 Å². The monoisotopic (exact) mass is 501 g/mol. The molecular weight excluding hydrogens is 462 g/mol. The summed E-state index contributed by atoms with van der Waals surface area (Å²) in [5, 5.41) is 2.97. The summed E-state index contributed by atoms with van der Waals surface area (Å²) in [6.07, 6.45) is 1.49. The normalized spacial score (nSPS) is 12.8. The van der Waals surface area contributed by atoms with Crippen molar-refractivity contribution in [2.24, 2.45) is 0 Å². The van der Waals surface area contributed by atoms with E-state index in [0.717, 1.165) is 21.7 Å². The van der Waals surface area contributed by atoms with Crippen LogP contribution in [0, 0.1) is 0 Å². The maximum absolute atomic E-state index is 13.8. The molecule has 2 rings (SSSR count). The van der Waals surface area contributed by atoms with Crippen LogP contribution in [0.25, 0.3) is 0 Å². The van der Waals surface area contributed by atoms with Gasteiger partial charge in [0.05, 0.1) is 11.9 Å². The van der Waals surface area contributed by atoms with Crippen molar-refractivity contribution in [3.63, 3.8) is 0 Å². The van der Waals surface area contributed by atoms with E-state index >= 15 is 0 Å². The Hall–Kier alpha value is -2.87. The Morgan fingerprint density at radius 3 is 2.06 bits per heavy atom. The first-order valence-corrected chi connectivity index (χ1v) is 13.8. The number of benzene rings is 2. The molecule has 0 saturated carbocycles. The molecule has 0 aromatic heterocycles. The smallest absolute Gasteiger partial charge is 0.244 e. The van der Waals surface area contributed by atoms with Crippen LogP contribution >= 0.6 is 0 Å². The number of rotatable bonds is 10. The van der Waals surface area contributed by atoms with Gasteiger partial charge in [-0.2, -0.15) is 0 Å². The lowest BCUT2D eigenvalue weighted by molar-refractivity contribution is -0.141. The first-order valence-electron chi connectivity index (χ1n) is 12.0. The topological polar surface area (TPSA) is 86.8 Å². The number of amides is 2. The second kappa shape index (κ2) is 11.7. The predicted octanol–water partition coefficient (Wildman–Crippen LogP) is 4.30. The number of hydrogen-bond acceptors (Lipinski definition) is 4. The molecule has 0 heterocycles.